The maximum atomic E-state index is 15.6. The van der Waals surface area contributed by atoms with Crippen molar-refractivity contribution in [1.82, 2.24) is 49.9 Å². The minimum absolute atomic E-state index is 0.0263. The molecule has 5 heterocycles. The smallest absolute Gasteiger partial charge is 0.254 e. The van der Waals surface area contributed by atoms with Crippen LogP contribution in [0, 0.1) is 11.2 Å². The Morgan fingerprint density at radius 3 is 2.47 bits per heavy atom. The molecule has 4 amide bonds. The van der Waals surface area contributed by atoms with E-state index in [1.54, 1.807) is 34.5 Å². The molecule has 2 saturated heterocycles. The molecule has 17 heteroatoms. The monoisotopic (exact) mass is 757 g/mol. The van der Waals surface area contributed by atoms with Gasteiger partial charge in [0, 0.05) is 68.2 Å². The first-order chi connectivity index (χ1) is 26.2. The average molecular weight is 758 g/mol. The second-order valence-electron chi connectivity index (χ2n) is 15.9. The van der Waals surface area contributed by atoms with Gasteiger partial charge in [0.1, 0.15) is 11.9 Å². The molecule has 55 heavy (non-hydrogen) atoms. The third-order valence-corrected chi connectivity index (χ3v) is 10.5. The normalized spacial score (nSPS) is 19.7. The highest BCUT2D eigenvalue weighted by atomic mass is 19.1. The van der Waals surface area contributed by atoms with Gasteiger partial charge in [0.2, 0.25) is 17.7 Å². The lowest BCUT2D eigenvalue weighted by Gasteiger charge is -2.35. The molecule has 3 aromatic heterocycles. The van der Waals surface area contributed by atoms with Gasteiger partial charge in [-0.2, -0.15) is 5.10 Å². The fourth-order valence-electron chi connectivity index (χ4n) is 7.21. The highest BCUT2D eigenvalue weighted by Crippen LogP contribution is 2.40. The molecule has 3 atom stereocenters. The van der Waals surface area contributed by atoms with E-state index in [4.69, 9.17) is 4.98 Å². The number of hydrogen-bond acceptors (Lipinski definition) is 10. The lowest BCUT2D eigenvalue weighted by Crippen LogP contribution is -2.57. The molecule has 1 saturated carbocycles. The summed E-state index contributed by atoms with van der Waals surface area (Å²) in [6.07, 6.45) is 9.15. The number of nitrogens with one attached hydrogen (secondary N) is 4. The molecule has 0 radical (unpaired) electrons. The number of β-amino-alcohol motifs (C(OH)–C–C–N with tert-alkyl or cyclic N) is 1. The number of anilines is 2. The topological polar surface area (TPSA) is 193 Å². The van der Waals surface area contributed by atoms with E-state index in [2.05, 4.69) is 31.1 Å². The quantitative estimate of drug-likeness (QED) is 0.152. The van der Waals surface area contributed by atoms with Crippen LogP contribution in [0.4, 0.5) is 15.9 Å². The summed E-state index contributed by atoms with van der Waals surface area (Å²) in [5.74, 6) is -1.29. The number of aliphatic hydroxyl groups excluding tert-OH is 1. The van der Waals surface area contributed by atoms with Crippen molar-refractivity contribution in [3.63, 3.8) is 0 Å². The Kier molecular flexibility index (Phi) is 10.6. The number of amides is 4. The number of carbonyl (C=O) groups excluding carboxylic acids is 4. The molecule has 4 aromatic rings. The molecule has 1 aliphatic carbocycles. The predicted octanol–water partition coefficient (Wildman–Crippen LogP) is 2.27. The maximum Gasteiger partial charge on any atom is 0.254 e. The van der Waals surface area contributed by atoms with Gasteiger partial charge in [-0.05, 0) is 49.8 Å². The van der Waals surface area contributed by atoms with E-state index in [1.165, 1.54) is 12.1 Å². The molecule has 3 aliphatic rings. The zero-order valence-electron chi connectivity index (χ0n) is 31.5. The summed E-state index contributed by atoms with van der Waals surface area (Å²) >= 11 is 0. The van der Waals surface area contributed by atoms with Gasteiger partial charge >= 0.3 is 0 Å². The Hall–Kier alpha value is -5.42. The Morgan fingerprint density at radius 1 is 1.07 bits per heavy atom. The van der Waals surface area contributed by atoms with Crippen molar-refractivity contribution in [3.05, 3.63) is 60.1 Å². The van der Waals surface area contributed by atoms with Crippen LogP contribution in [-0.4, -0.2) is 132 Å². The number of piperazine rings is 1. The molecule has 16 nitrogen and oxygen atoms in total. The number of imidazole rings is 1. The van der Waals surface area contributed by atoms with Crippen LogP contribution in [0.15, 0.2) is 43.0 Å². The van der Waals surface area contributed by atoms with E-state index in [0.717, 1.165) is 29.8 Å². The van der Waals surface area contributed by atoms with Crippen LogP contribution in [0.25, 0.3) is 16.9 Å². The highest BCUT2D eigenvalue weighted by molar-refractivity contribution is 5.95. The number of fused-ring (bicyclic) bond motifs is 1. The van der Waals surface area contributed by atoms with E-state index < -0.39 is 29.3 Å². The first-order valence-electron chi connectivity index (χ1n) is 18.7. The number of carbonyl (C=O) groups is 4. The number of hydrogen-bond donors (Lipinski definition) is 5. The van der Waals surface area contributed by atoms with E-state index in [1.807, 2.05) is 43.2 Å². The highest BCUT2D eigenvalue weighted by Gasteiger charge is 2.40. The molecule has 2 aliphatic heterocycles. The summed E-state index contributed by atoms with van der Waals surface area (Å²) in [4.78, 5) is 66.7. The molecule has 3 fully saturated rings. The lowest BCUT2D eigenvalue weighted by molar-refractivity contribution is -0.140. The van der Waals surface area contributed by atoms with Crippen LogP contribution < -0.4 is 16.0 Å². The summed E-state index contributed by atoms with van der Waals surface area (Å²) in [5.41, 5.74) is 2.89. The van der Waals surface area contributed by atoms with E-state index in [9.17, 15) is 24.3 Å². The predicted molar refractivity (Wildman–Crippen MR) is 201 cm³/mol. The molecule has 0 unspecified atom stereocenters. The minimum Gasteiger partial charge on any atom is -0.391 e. The zero-order chi connectivity index (χ0) is 39.0. The van der Waals surface area contributed by atoms with Crippen LogP contribution >= 0.6 is 0 Å². The number of H-pyrrole nitrogens is 1. The molecule has 5 N–H and O–H groups in total. The number of aliphatic hydroxyl groups is 1. The van der Waals surface area contributed by atoms with Gasteiger partial charge in [-0.25, -0.2) is 14.4 Å². The largest absolute Gasteiger partial charge is 0.391 e. The van der Waals surface area contributed by atoms with Crippen LogP contribution in [0.3, 0.4) is 0 Å². The van der Waals surface area contributed by atoms with E-state index >= 15 is 4.39 Å². The number of benzene rings is 1. The lowest BCUT2D eigenvalue weighted by atomic mass is 9.85. The van der Waals surface area contributed by atoms with E-state index in [-0.39, 0.29) is 54.6 Å². The first-order valence-corrected chi connectivity index (χ1v) is 18.7. The van der Waals surface area contributed by atoms with Crippen LogP contribution in [0.2, 0.25) is 0 Å². The van der Waals surface area contributed by atoms with Gasteiger partial charge in [-0.1, -0.05) is 20.8 Å². The molecule has 1 aromatic carbocycles. The van der Waals surface area contributed by atoms with Crippen molar-refractivity contribution in [2.24, 2.45) is 5.41 Å². The Balaban J connectivity index is 0.903. The third kappa shape index (κ3) is 8.47. The van der Waals surface area contributed by atoms with Crippen molar-refractivity contribution >= 4 is 40.8 Å². The van der Waals surface area contributed by atoms with Crippen molar-refractivity contribution in [2.45, 2.75) is 71.1 Å². The summed E-state index contributed by atoms with van der Waals surface area (Å²) in [7, 11) is 0. The third-order valence-electron chi connectivity index (χ3n) is 10.5. The number of likely N-dealkylation sites (tertiary alicyclic amines) is 1. The molecular weight excluding hydrogens is 709 g/mol. The molecule has 7 rings (SSSR count). The van der Waals surface area contributed by atoms with Crippen molar-refractivity contribution in [1.29, 1.82) is 0 Å². The summed E-state index contributed by atoms with van der Waals surface area (Å²) in [6, 6.07) is 3.36. The van der Waals surface area contributed by atoms with Crippen LogP contribution in [0.5, 0.6) is 0 Å². The Labute approximate surface area is 317 Å². The summed E-state index contributed by atoms with van der Waals surface area (Å²) in [6.45, 7) is 8.87. The Morgan fingerprint density at radius 2 is 1.84 bits per heavy atom. The SMILES string of the molecule is C[C@@H]1C[C@@H](O)CN1C(=O)[C@@H](NC(=O)CNC(=O)CN1CCN(C(=O)c2ccc(Nc3nc(C4CC4)cn4c(-c5cn[nH]c5)cnc34)c(F)c2)CC1)C(C)(C)C. The van der Waals surface area contributed by atoms with Crippen molar-refractivity contribution in [3.8, 4) is 11.3 Å². The van der Waals surface area contributed by atoms with Gasteiger partial charge in [0.15, 0.2) is 11.5 Å². The number of aromatic nitrogens is 5. The number of aromatic amines is 1. The number of halogens is 1. The maximum absolute atomic E-state index is 15.6. The van der Waals surface area contributed by atoms with E-state index in [0.29, 0.717) is 50.0 Å². The zero-order valence-corrected chi connectivity index (χ0v) is 31.5. The summed E-state index contributed by atoms with van der Waals surface area (Å²) < 4.78 is 17.5. The van der Waals surface area contributed by atoms with Gasteiger partial charge in [0.25, 0.3) is 5.91 Å². The molecule has 0 bridgehead atoms. The van der Waals surface area contributed by atoms with Gasteiger partial charge in [-0.3, -0.25) is 33.6 Å². The number of nitrogens with zero attached hydrogens (tertiary/aromatic N) is 7. The van der Waals surface area contributed by atoms with Crippen molar-refractivity contribution < 1.29 is 28.7 Å². The van der Waals surface area contributed by atoms with Crippen molar-refractivity contribution in [2.75, 3.05) is 51.1 Å². The van der Waals surface area contributed by atoms with Crippen LogP contribution in [-0.2, 0) is 14.4 Å². The van der Waals surface area contributed by atoms with Gasteiger partial charge in [0.05, 0.1) is 48.7 Å². The fraction of sp³-hybridized carbons (Fsp3) is 0.500. The fourth-order valence-corrected chi connectivity index (χ4v) is 7.21. The average Bonchev–Trinajstić information content (AvgIpc) is 3.50. The first kappa shape index (κ1) is 37.9. The minimum atomic E-state index is -0.826. The standard InChI is InChI=1S/C38H48FN11O5/c1-22-13-26(51)19-49(22)37(55)33(38(2,3)4)46-31(52)18-40-32(53)21-47-9-11-48(12-10-47)36(54)24-7-8-28(27(39)14-24)44-34-35-41-17-30(25-15-42-43-16-25)50(35)20-29(45-34)23-5-6-23/h7-8,14-17,20,22-23,26,33,51H,5-6,9-13,18-19,21H2,1-4H3,(H,40,53)(H,42,43)(H,44,45)(H,46,52)/t22-,26-,33-/m1/s1. The molecule has 292 valence electrons. The second kappa shape index (κ2) is 15.4. The molecule has 0 spiro atoms. The van der Waals surface area contributed by atoms with Gasteiger partial charge in [-0.15, -0.1) is 0 Å². The Bertz CT molecular complexity index is 2070. The summed E-state index contributed by atoms with van der Waals surface area (Å²) in [5, 5.41) is 25.4. The van der Waals surface area contributed by atoms with Crippen LogP contribution in [0.1, 0.15) is 68.9 Å². The van der Waals surface area contributed by atoms with Gasteiger partial charge < -0.3 is 30.9 Å². The second-order valence-corrected chi connectivity index (χ2v) is 15.9. The number of rotatable bonds is 11. The molecular formula is C38H48FN11O5.